The van der Waals surface area contributed by atoms with Gasteiger partial charge < -0.3 is 9.47 Å². The van der Waals surface area contributed by atoms with Crippen LogP contribution in [0.4, 0.5) is 0 Å². The second kappa shape index (κ2) is 12.3. The molecule has 0 N–H and O–H groups in total. The van der Waals surface area contributed by atoms with Crippen molar-refractivity contribution in [1.82, 2.24) is 0 Å². The molecule has 0 aliphatic rings. The largest absolute Gasteiger partial charge is 0.494 e. The minimum absolute atomic E-state index is 0.323. The number of rotatable bonds is 7. The van der Waals surface area contributed by atoms with Crippen LogP contribution in [0.1, 0.15) is 48.7 Å². The van der Waals surface area contributed by atoms with Gasteiger partial charge in [0.1, 0.15) is 5.75 Å². The predicted molar refractivity (Wildman–Crippen MR) is 126 cm³/mol. The Balaban J connectivity index is 0.00000155. The maximum absolute atomic E-state index is 11.5. The molecule has 0 radical (unpaired) electrons. The molecule has 30 heavy (non-hydrogen) atoms. The van der Waals surface area contributed by atoms with Crippen molar-refractivity contribution in [2.24, 2.45) is 0 Å². The zero-order valence-electron chi connectivity index (χ0n) is 18.2. The molecule has 0 aliphatic heterocycles. The van der Waals surface area contributed by atoms with E-state index in [9.17, 15) is 4.79 Å². The Hall–Kier alpha value is -3.33. The quantitative estimate of drug-likeness (QED) is 0.312. The van der Waals surface area contributed by atoms with Gasteiger partial charge in [0, 0.05) is 0 Å². The van der Waals surface area contributed by atoms with Gasteiger partial charge in [-0.3, -0.25) is 0 Å². The number of carbonyl (C=O) groups excluding carboxylic acids is 1. The van der Waals surface area contributed by atoms with Crippen molar-refractivity contribution in [3.63, 3.8) is 0 Å². The first-order chi connectivity index (χ1) is 14.7. The molecule has 0 unspecified atom stereocenters. The van der Waals surface area contributed by atoms with E-state index < -0.39 is 0 Å². The molecule has 0 spiro atoms. The first-order valence-corrected chi connectivity index (χ1v) is 10.4. The van der Waals surface area contributed by atoms with Crippen LogP contribution in [-0.2, 0) is 4.74 Å². The highest BCUT2D eigenvalue weighted by atomic mass is 16.5. The van der Waals surface area contributed by atoms with E-state index in [1.807, 2.05) is 44.2 Å². The fraction of sp³-hybridized carbons (Fsp3) is 0.222. The Labute approximate surface area is 180 Å². The molecule has 0 aliphatic carbocycles. The van der Waals surface area contributed by atoms with Gasteiger partial charge >= 0.3 is 5.97 Å². The predicted octanol–water partition coefficient (Wildman–Crippen LogP) is 7.13. The van der Waals surface area contributed by atoms with Gasteiger partial charge in [-0.15, -0.1) is 0 Å². The van der Waals surface area contributed by atoms with E-state index in [0.29, 0.717) is 5.56 Å². The van der Waals surface area contributed by atoms with Crippen LogP contribution in [-0.4, -0.2) is 19.7 Å². The number of hydrogen-bond donors (Lipinski definition) is 0. The van der Waals surface area contributed by atoms with Crippen LogP contribution in [0, 0.1) is 0 Å². The van der Waals surface area contributed by atoms with E-state index >= 15 is 0 Å². The minimum atomic E-state index is -0.323. The summed E-state index contributed by atoms with van der Waals surface area (Å²) < 4.78 is 10.3. The summed E-state index contributed by atoms with van der Waals surface area (Å²) in [5.74, 6) is 0.583. The molecule has 0 aromatic heterocycles. The fourth-order valence-corrected chi connectivity index (χ4v) is 2.79. The van der Waals surface area contributed by atoms with Crippen molar-refractivity contribution < 1.29 is 14.3 Å². The SMILES string of the molecule is CC.CCCOc1ccc(-c2ccc(/C=C\c3ccc(C(=O)OC)cc3)cc2)cc1. The first-order valence-electron chi connectivity index (χ1n) is 10.4. The van der Waals surface area contributed by atoms with E-state index in [2.05, 4.69) is 49.4 Å². The molecular formula is C27H30O3. The van der Waals surface area contributed by atoms with Gasteiger partial charge in [-0.05, 0) is 52.9 Å². The molecule has 0 amide bonds. The molecule has 3 aromatic rings. The minimum Gasteiger partial charge on any atom is -0.494 e. The molecule has 0 bridgehead atoms. The Bertz CT molecular complexity index is 921. The van der Waals surface area contributed by atoms with Crippen LogP contribution in [0.15, 0.2) is 72.8 Å². The molecule has 3 aromatic carbocycles. The van der Waals surface area contributed by atoms with E-state index in [4.69, 9.17) is 9.47 Å². The molecule has 3 rings (SSSR count). The Morgan fingerprint density at radius 1 is 0.767 bits per heavy atom. The molecule has 0 heterocycles. The summed E-state index contributed by atoms with van der Waals surface area (Å²) in [5.41, 5.74) is 5.03. The van der Waals surface area contributed by atoms with E-state index in [-0.39, 0.29) is 5.97 Å². The Morgan fingerprint density at radius 2 is 1.23 bits per heavy atom. The summed E-state index contributed by atoms with van der Waals surface area (Å²) in [4.78, 5) is 11.5. The average Bonchev–Trinajstić information content (AvgIpc) is 2.83. The van der Waals surface area contributed by atoms with Crippen LogP contribution >= 0.6 is 0 Å². The average molecular weight is 403 g/mol. The van der Waals surface area contributed by atoms with Crippen molar-refractivity contribution in [2.45, 2.75) is 27.2 Å². The molecule has 0 saturated carbocycles. The lowest BCUT2D eigenvalue weighted by Gasteiger charge is -2.06. The van der Waals surface area contributed by atoms with Gasteiger partial charge in [-0.25, -0.2) is 4.79 Å². The molecular weight excluding hydrogens is 372 g/mol. The maximum Gasteiger partial charge on any atom is 0.337 e. The van der Waals surface area contributed by atoms with Crippen molar-refractivity contribution in [3.8, 4) is 16.9 Å². The standard InChI is InChI=1S/C25H24O3.C2H6/c1-3-18-28-24-16-14-22(15-17-24)21-10-6-19(7-11-21)4-5-20-8-12-23(13-9-20)25(26)27-2;1-2/h4-17H,3,18H2,1-2H3;1-2H3/b5-4-;. The highest BCUT2D eigenvalue weighted by molar-refractivity contribution is 5.89. The fourth-order valence-electron chi connectivity index (χ4n) is 2.79. The van der Waals surface area contributed by atoms with Gasteiger partial charge in [-0.1, -0.05) is 81.5 Å². The highest BCUT2D eigenvalue weighted by Crippen LogP contribution is 2.23. The third kappa shape index (κ3) is 6.63. The number of methoxy groups -OCH3 is 1. The molecule has 0 atom stereocenters. The molecule has 0 saturated heterocycles. The van der Waals surface area contributed by atoms with Gasteiger partial charge in [0.05, 0.1) is 19.3 Å². The smallest absolute Gasteiger partial charge is 0.337 e. The number of hydrogen-bond acceptors (Lipinski definition) is 3. The lowest BCUT2D eigenvalue weighted by Crippen LogP contribution is -2.00. The summed E-state index contributed by atoms with van der Waals surface area (Å²) >= 11 is 0. The first kappa shape index (κ1) is 23.0. The monoisotopic (exact) mass is 402 g/mol. The Kier molecular flexibility index (Phi) is 9.39. The number of esters is 1. The van der Waals surface area contributed by atoms with Crippen LogP contribution in [0.5, 0.6) is 5.75 Å². The topological polar surface area (TPSA) is 35.5 Å². The van der Waals surface area contributed by atoms with E-state index in [1.54, 1.807) is 12.1 Å². The maximum atomic E-state index is 11.5. The highest BCUT2D eigenvalue weighted by Gasteiger charge is 2.03. The van der Waals surface area contributed by atoms with Crippen LogP contribution < -0.4 is 4.74 Å². The van der Waals surface area contributed by atoms with Gasteiger partial charge in [-0.2, -0.15) is 0 Å². The summed E-state index contributed by atoms with van der Waals surface area (Å²) in [6.45, 7) is 6.84. The van der Waals surface area contributed by atoms with Crippen LogP contribution in [0.2, 0.25) is 0 Å². The third-order valence-electron chi connectivity index (χ3n) is 4.37. The van der Waals surface area contributed by atoms with Gasteiger partial charge in [0.2, 0.25) is 0 Å². The van der Waals surface area contributed by atoms with E-state index in [0.717, 1.165) is 35.5 Å². The van der Waals surface area contributed by atoms with Crippen molar-refractivity contribution in [2.75, 3.05) is 13.7 Å². The Morgan fingerprint density at radius 3 is 1.70 bits per heavy atom. The zero-order chi connectivity index (χ0) is 21.8. The van der Waals surface area contributed by atoms with Crippen LogP contribution in [0.3, 0.4) is 0 Å². The van der Waals surface area contributed by atoms with Gasteiger partial charge in [0.15, 0.2) is 0 Å². The lowest BCUT2D eigenvalue weighted by atomic mass is 10.0. The van der Waals surface area contributed by atoms with E-state index in [1.165, 1.54) is 12.7 Å². The summed E-state index contributed by atoms with van der Waals surface area (Å²) in [5, 5.41) is 0. The summed E-state index contributed by atoms with van der Waals surface area (Å²) in [7, 11) is 1.38. The summed E-state index contributed by atoms with van der Waals surface area (Å²) in [6.07, 6.45) is 5.08. The lowest BCUT2D eigenvalue weighted by molar-refractivity contribution is 0.0600. The molecule has 3 nitrogen and oxygen atoms in total. The summed E-state index contributed by atoms with van der Waals surface area (Å²) in [6, 6.07) is 23.9. The van der Waals surface area contributed by atoms with Crippen molar-refractivity contribution in [3.05, 3.63) is 89.5 Å². The van der Waals surface area contributed by atoms with Crippen LogP contribution in [0.25, 0.3) is 23.3 Å². The molecule has 0 fully saturated rings. The number of ether oxygens (including phenoxy) is 2. The van der Waals surface area contributed by atoms with Crippen molar-refractivity contribution in [1.29, 1.82) is 0 Å². The molecule has 156 valence electrons. The molecule has 3 heteroatoms. The zero-order valence-corrected chi connectivity index (χ0v) is 18.2. The normalized spacial score (nSPS) is 10.3. The third-order valence-corrected chi connectivity index (χ3v) is 4.37. The van der Waals surface area contributed by atoms with Crippen molar-refractivity contribution >= 4 is 18.1 Å². The van der Waals surface area contributed by atoms with Gasteiger partial charge in [0.25, 0.3) is 0 Å². The number of carbonyl (C=O) groups is 1. The second-order valence-corrected chi connectivity index (χ2v) is 6.44. The second-order valence-electron chi connectivity index (χ2n) is 6.44. The number of benzene rings is 3.